The van der Waals surface area contributed by atoms with Gasteiger partial charge >= 0.3 is 5.97 Å². The first-order valence-corrected chi connectivity index (χ1v) is 12.6. The molecule has 172 valence electrons. The van der Waals surface area contributed by atoms with Crippen molar-refractivity contribution in [1.82, 2.24) is 4.57 Å². The number of benzene rings is 2. The predicted octanol–water partition coefficient (Wildman–Crippen LogP) is 4.02. The summed E-state index contributed by atoms with van der Waals surface area (Å²) in [6.07, 6.45) is 1.86. The van der Waals surface area contributed by atoms with Crippen LogP contribution in [0.3, 0.4) is 0 Å². The molecular weight excluding hydrogens is 468 g/mol. The molecule has 0 unspecified atom stereocenters. The number of hydrogen-bond donors (Lipinski definition) is 0. The highest BCUT2D eigenvalue weighted by Crippen LogP contribution is 2.40. The molecular formula is C26H22N2O4S2. The number of thiophene rings is 1. The first-order chi connectivity index (χ1) is 16.5. The molecule has 8 heteroatoms. The van der Waals surface area contributed by atoms with Crippen LogP contribution in [-0.2, 0) is 9.53 Å². The van der Waals surface area contributed by atoms with Crippen molar-refractivity contribution < 1.29 is 14.3 Å². The summed E-state index contributed by atoms with van der Waals surface area (Å²) in [5.74, 6) is 0.100. The molecule has 1 atom stereocenters. The standard InChI is InChI=1S/C26H22N2O4S2/c1-4-32-25(30)21-15(2)27-26-28(24(29)20(34-26)13-16-11-12-33-14-16)23(21)22-18-8-6-5-7-17(18)9-10-19(22)31-3/h5-14,23H,4H2,1-3H3/b20-13+/t23-/m0/s1. The van der Waals surface area contributed by atoms with Crippen LogP contribution in [0.15, 0.2) is 74.3 Å². The first-order valence-electron chi connectivity index (χ1n) is 10.8. The first kappa shape index (κ1) is 22.3. The number of allylic oxidation sites excluding steroid dienone is 1. The lowest BCUT2D eigenvalue weighted by Gasteiger charge is -2.27. The van der Waals surface area contributed by atoms with Crippen LogP contribution in [0.5, 0.6) is 5.75 Å². The van der Waals surface area contributed by atoms with Gasteiger partial charge in [-0.1, -0.05) is 41.7 Å². The van der Waals surface area contributed by atoms with Crippen LogP contribution >= 0.6 is 22.7 Å². The van der Waals surface area contributed by atoms with Crippen molar-refractivity contribution >= 4 is 45.5 Å². The molecule has 0 N–H and O–H groups in total. The Balaban J connectivity index is 1.87. The maximum atomic E-state index is 13.8. The third kappa shape index (κ3) is 3.69. The molecule has 0 saturated heterocycles. The van der Waals surface area contributed by atoms with Gasteiger partial charge in [0.2, 0.25) is 0 Å². The van der Waals surface area contributed by atoms with E-state index in [1.807, 2.05) is 59.3 Å². The van der Waals surface area contributed by atoms with Crippen molar-refractivity contribution in [1.29, 1.82) is 0 Å². The van der Waals surface area contributed by atoms with Crippen LogP contribution in [0.25, 0.3) is 16.8 Å². The molecule has 0 amide bonds. The second-order valence-electron chi connectivity index (χ2n) is 7.76. The van der Waals surface area contributed by atoms with Gasteiger partial charge in [-0.05, 0) is 59.2 Å². The Kier molecular flexibility index (Phi) is 5.93. The van der Waals surface area contributed by atoms with E-state index in [1.165, 1.54) is 11.3 Å². The van der Waals surface area contributed by atoms with E-state index < -0.39 is 12.0 Å². The topological polar surface area (TPSA) is 69.9 Å². The molecule has 2 aromatic heterocycles. The number of rotatable bonds is 5. The van der Waals surface area contributed by atoms with Gasteiger partial charge in [0, 0.05) is 5.56 Å². The molecule has 34 heavy (non-hydrogen) atoms. The Morgan fingerprint density at radius 1 is 1.21 bits per heavy atom. The van der Waals surface area contributed by atoms with Gasteiger partial charge in [0.05, 0.1) is 29.5 Å². The minimum atomic E-state index is -0.735. The molecule has 5 rings (SSSR count). The molecule has 0 aliphatic carbocycles. The maximum absolute atomic E-state index is 13.8. The second-order valence-corrected chi connectivity index (χ2v) is 9.55. The highest BCUT2D eigenvalue weighted by atomic mass is 32.1. The van der Waals surface area contributed by atoms with Gasteiger partial charge < -0.3 is 9.47 Å². The fourth-order valence-corrected chi connectivity index (χ4v) is 5.97. The zero-order chi connectivity index (χ0) is 23.8. The predicted molar refractivity (Wildman–Crippen MR) is 135 cm³/mol. The van der Waals surface area contributed by atoms with Crippen LogP contribution < -0.4 is 19.6 Å². The van der Waals surface area contributed by atoms with E-state index in [1.54, 1.807) is 36.9 Å². The number of fused-ring (bicyclic) bond motifs is 2. The molecule has 0 spiro atoms. The van der Waals surface area contributed by atoms with Gasteiger partial charge in [0.1, 0.15) is 11.8 Å². The Hall–Kier alpha value is -3.49. The minimum absolute atomic E-state index is 0.204. The summed E-state index contributed by atoms with van der Waals surface area (Å²) in [4.78, 5) is 32.2. The zero-order valence-electron chi connectivity index (χ0n) is 18.9. The second kappa shape index (κ2) is 9.04. The van der Waals surface area contributed by atoms with Crippen LogP contribution in [0.2, 0.25) is 0 Å². The summed E-state index contributed by atoms with van der Waals surface area (Å²) in [6.45, 7) is 3.77. The number of aromatic nitrogens is 1. The molecule has 1 aliphatic heterocycles. The Morgan fingerprint density at radius 3 is 2.76 bits per heavy atom. The molecule has 0 fully saturated rings. The fraction of sp³-hybridized carbons (Fsp3) is 0.192. The summed E-state index contributed by atoms with van der Waals surface area (Å²) in [5, 5.41) is 5.83. The molecule has 0 saturated carbocycles. The van der Waals surface area contributed by atoms with E-state index in [4.69, 9.17) is 9.47 Å². The van der Waals surface area contributed by atoms with E-state index in [2.05, 4.69) is 4.99 Å². The quantitative estimate of drug-likeness (QED) is 0.396. The average Bonchev–Trinajstić information content (AvgIpc) is 3.45. The smallest absolute Gasteiger partial charge is 0.338 e. The minimum Gasteiger partial charge on any atom is -0.496 e. The summed E-state index contributed by atoms with van der Waals surface area (Å²) in [6, 6.07) is 12.9. The third-order valence-electron chi connectivity index (χ3n) is 5.78. The van der Waals surface area contributed by atoms with Crippen molar-refractivity contribution in [3.05, 3.63) is 95.3 Å². The molecule has 4 aromatic rings. The molecule has 0 radical (unpaired) electrons. The third-order valence-corrected chi connectivity index (χ3v) is 7.47. The van der Waals surface area contributed by atoms with E-state index in [0.29, 0.717) is 26.4 Å². The van der Waals surface area contributed by atoms with Crippen molar-refractivity contribution in [3.63, 3.8) is 0 Å². The van der Waals surface area contributed by atoms with Gasteiger partial charge in [0.15, 0.2) is 4.80 Å². The Labute approximate surface area is 203 Å². The van der Waals surface area contributed by atoms with Crippen LogP contribution in [-0.4, -0.2) is 24.3 Å². The van der Waals surface area contributed by atoms with E-state index >= 15 is 0 Å². The Bertz CT molecular complexity index is 1610. The number of ether oxygens (including phenoxy) is 2. The summed E-state index contributed by atoms with van der Waals surface area (Å²) >= 11 is 2.88. The van der Waals surface area contributed by atoms with E-state index in [0.717, 1.165) is 21.9 Å². The SMILES string of the molecule is CCOC(=O)C1=C(C)N=c2s/c(=C/c3ccsc3)c(=O)n2[C@@H]1c1c(OC)ccc2ccccc12. The van der Waals surface area contributed by atoms with Crippen molar-refractivity contribution in [2.75, 3.05) is 13.7 Å². The normalized spacial score (nSPS) is 15.9. The number of nitrogens with zero attached hydrogens (tertiary/aromatic N) is 2. The number of carbonyl (C=O) groups is 1. The van der Waals surface area contributed by atoms with Crippen molar-refractivity contribution in [2.24, 2.45) is 4.99 Å². The number of esters is 1. The van der Waals surface area contributed by atoms with Gasteiger partial charge in [-0.25, -0.2) is 9.79 Å². The Morgan fingerprint density at radius 2 is 2.03 bits per heavy atom. The highest BCUT2D eigenvalue weighted by Gasteiger charge is 2.36. The largest absolute Gasteiger partial charge is 0.496 e. The number of hydrogen-bond acceptors (Lipinski definition) is 7. The molecule has 6 nitrogen and oxygen atoms in total. The van der Waals surface area contributed by atoms with Gasteiger partial charge in [-0.2, -0.15) is 11.3 Å². The average molecular weight is 491 g/mol. The molecule has 0 bridgehead atoms. The van der Waals surface area contributed by atoms with Crippen LogP contribution in [0.1, 0.15) is 31.0 Å². The molecule has 2 aromatic carbocycles. The number of carbonyl (C=O) groups excluding carboxylic acids is 1. The number of methoxy groups -OCH3 is 1. The number of thiazole rings is 1. The van der Waals surface area contributed by atoms with Gasteiger partial charge in [-0.3, -0.25) is 9.36 Å². The lowest BCUT2D eigenvalue weighted by Crippen LogP contribution is -2.40. The summed E-state index contributed by atoms with van der Waals surface area (Å²) < 4.78 is 13.3. The van der Waals surface area contributed by atoms with Crippen molar-refractivity contribution in [2.45, 2.75) is 19.9 Å². The monoisotopic (exact) mass is 490 g/mol. The van der Waals surface area contributed by atoms with Gasteiger partial charge in [-0.15, -0.1) is 0 Å². The summed E-state index contributed by atoms with van der Waals surface area (Å²) in [5.41, 5.74) is 2.36. The van der Waals surface area contributed by atoms with Crippen LogP contribution in [0.4, 0.5) is 0 Å². The fourth-order valence-electron chi connectivity index (χ4n) is 4.31. The maximum Gasteiger partial charge on any atom is 0.338 e. The molecule has 1 aliphatic rings. The lowest BCUT2D eigenvalue weighted by molar-refractivity contribution is -0.139. The zero-order valence-corrected chi connectivity index (χ0v) is 20.5. The van der Waals surface area contributed by atoms with E-state index in [9.17, 15) is 9.59 Å². The van der Waals surface area contributed by atoms with E-state index in [-0.39, 0.29) is 12.2 Å². The lowest BCUT2D eigenvalue weighted by atomic mass is 9.90. The highest BCUT2D eigenvalue weighted by molar-refractivity contribution is 7.08. The van der Waals surface area contributed by atoms with Crippen LogP contribution in [0, 0.1) is 0 Å². The molecule has 3 heterocycles. The van der Waals surface area contributed by atoms with Gasteiger partial charge in [0.25, 0.3) is 5.56 Å². The summed E-state index contributed by atoms with van der Waals surface area (Å²) in [7, 11) is 1.59. The van der Waals surface area contributed by atoms with Crippen molar-refractivity contribution in [3.8, 4) is 5.75 Å².